The van der Waals surface area contributed by atoms with Gasteiger partial charge < -0.3 is 20.1 Å². The molecule has 0 spiro atoms. The molecule has 0 unspecified atom stereocenters. The van der Waals surface area contributed by atoms with Crippen molar-refractivity contribution in [2.24, 2.45) is 0 Å². The normalized spacial score (nSPS) is 17.8. The van der Waals surface area contributed by atoms with Crippen LogP contribution in [0.1, 0.15) is 41.5 Å². The van der Waals surface area contributed by atoms with Crippen molar-refractivity contribution in [3.63, 3.8) is 0 Å². The van der Waals surface area contributed by atoms with Gasteiger partial charge in [0.1, 0.15) is 11.9 Å². The summed E-state index contributed by atoms with van der Waals surface area (Å²) in [5.41, 5.74) is 2.03. The number of carbonyl (C=O) groups is 2. The molecule has 13 heteroatoms. The number of hydrogen-bond acceptors (Lipinski definition) is 8. The van der Waals surface area contributed by atoms with E-state index in [0.29, 0.717) is 52.7 Å². The zero-order valence-electron chi connectivity index (χ0n) is 28.0. The molecule has 2 heterocycles. The minimum absolute atomic E-state index is 0.174. The van der Waals surface area contributed by atoms with Crippen molar-refractivity contribution in [1.82, 2.24) is 19.9 Å². The van der Waals surface area contributed by atoms with Gasteiger partial charge in [0.15, 0.2) is 5.78 Å². The number of carbonyl (C=O) groups excluding carboxylic acids is 2. The molecule has 10 nitrogen and oxygen atoms in total. The smallest absolute Gasteiger partial charge is 0.407 e. The number of amides is 1. The van der Waals surface area contributed by atoms with E-state index < -0.39 is 45.7 Å². The van der Waals surface area contributed by atoms with Crippen LogP contribution in [-0.4, -0.2) is 75.0 Å². The highest BCUT2D eigenvalue weighted by Crippen LogP contribution is 2.32. The average molecular weight is 723 g/mol. The predicted molar refractivity (Wildman–Crippen MR) is 188 cm³/mol. The number of hydrogen-bond donors (Lipinski definition) is 2. The van der Waals surface area contributed by atoms with E-state index in [0.717, 1.165) is 0 Å². The largest absolute Gasteiger partial charge is 0.481 e. The molecule has 0 bridgehead atoms. The Hall–Kier alpha value is -4.36. The first kappa shape index (κ1) is 36.9. The Balaban J connectivity index is 1.45. The molecular weight excluding hydrogens is 683 g/mol. The second-order valence-electron chi connectivity index (χ2n) is 12.1. The summed E-state index contributed by atoms with van der Waals surface area (Å²) in [4.78, 5) is 31.5. The van der Waals surface area contributed by atoms with Gasteiger partial charge >= 0.3 is 6.09 Å². The van der Waals surface area contributed by atoms with Crippen molar-refractivity contribution in [3.8, 4) is 5.88 Å². The standard InChI is InChI=1S/C37H40ClFN4O6S/c1-24-21-40-23-29(43(24)50(46,47)30-9-5-4-6-10-30)17-18-31-26(8-7-11-32(31)39)20-33(44)36(42-37(45)49-3)35(25-12-15-28(38)16-13-25)27-14-19-34(48-2)41-22-27/h4-16,19,22,24,29,35-36,40H,17-18,20-21,23H2,1-3H3,(H,42,45)/t24-,29+,35+,36-/m1/s1. The third kappa shape index (κ3) is 8.50. The molecule has 0 aliphatic carbocycles. The zero-order valence-corrected chi connectivity index (χ0v) is 29.6. The second kappa shape index (κ2) is 16.6. The number of nitrogens with zero attached hydrogens (tertiary/aromatic N) is 2. The fourth-order valence-electron chi connectivity index (χ4n) is 6.51. The number of piperazine rings is 1. The molecule has 1 amide bonds. The number of Topliss-reactive ketones (excluding diaryl/α,β-unsaturated/α-hetero) is 1. The van der Waals surface area contributed by atoms with Crippen molar-refractivity contribution < 1.29 is 31.9 Å². The summed E-state index contributed by atoms with van der Waals surface area (Å²) in [5.74, 6) is -1.26. The number of methoxy groups -OCH3 is 2. The number of benzene rings is 3. The second-order valence-corrected chi connectivity index (χ2v) is 14.4. The van der Waals surface area contributed by atoms with Crippen LogP contribution in [0.15, 0.2) is 96.0 Å². The van der Waals surface area contributed by atoms with Crippen LogP contribution in [0, 0.1) is 5.82 Å². The summed E-state index contributed by atoms with van der Waals surface area (Å²) in [7, 11) is -1.13. The van der Waals surface area contributed by atoms with Crippen LogP contribution in [0.3, 0.4) is 0 Å². The Kier molecular flexibility index (Phi) is 12.2. The van der Waals surface area contributed by atoms with E-state index >= 15 is 4.39 Å². The van der Waals surface area contributed by atoms with Crippen molar-refractivity contribution in [2.45, 2.75) is 55.1 Å². The number of aromatic nitrogens is 1. The number of pyridine rings is 1. The van der Waals surface area contributed by atoms with Crippen LogP contribution in [-0.2, 0) is 32.4 Å². The molecule has 0 radical (unpaired) electrons. The van der Waals surface area contributed by atoms with Crippen LogP contribution < -0.4 is 15.4 Å². The van der Waals surface area contributed by atoms with Gasteiger partial charge in [0, 0.05) is 54.8 Å². The quantitative estimate of drug-likeness (QED) is 0.185. The minimum atomic E-state index is -3.83. The van der Waals surface area contributed by atoms with Crippen LogP contribution in [0.4, 0.5) is 9.18 Å². The lowest BCUT2D eigenvalue weighted by molar-refractivity contribution is -0.120. The summed E-state index contributed by atoms with van der Waals surface area (Å²) < 4.78 is 54.8. The Morgan fingerprint density at radius 3 is 2.38 bits per heavy atom. The number of ketones is 1. The molecule has 50 heavy (non-hydrogen) atoms. The first-order chi connectivity index (χ1) is 24.0. The van der Waals surface area contributed by atoms with Gasteiger partial charge in [0.25, 0.3) is 0 Å². The van der Waals surface area contributed by atoms with Crippen molar-refractivity contribution in [3.05, 3.63) is 124 Å². The summed E-state index contributed by atoms with van der Waals surface area (Å²) >= 11 is 6.19. The first-order valence-corrected chi connectivity index (χ1v) is 18.0. The maximum Gasteiger partial charge on any atom is 0.407 e. The molecule has 0 saturated carbocycles. The fourth-order valence-corrected chi connectivity index (χ4v) is 8.50. The highest BCUT2D eigenvalue weighted by Gasteiger charge is 2.38. The molecule has 1 aliphatic rings. The van der Waals surface area contributed by atoms with Crippen LogP contribution in [0.2, 0.25) is 5.02 Å². The maximum absolute atomic E-state index is 15.6. The van der Waals surface area contributed by atoms with Gasteiger partial charge in [-0.05, 0) is 72.4 Å². The van der Waals surface area contributed by atoms with E-state index in [1.165, 1.54) is 30.7 Å². The van der Waals surface area contributed by atoms with Crippen LogP contribution >= 0.6 is 11.6 Å². The zero-order chi connectivity index (χ0) is 35.8. The lowest BCUT2D eigenvalue weighted by atomic mass is 9.82. The van der Waals surface area contributed by atoms with E-state index in [2.05, 4.69) is 15.6 Å². The lowest BCUT2D eigenvalue weighted by Gasteiger charge is -2.40. The van der Waals surface area contributed by atoms with Crippen LogP contribution in [0.25, 0.3) is 0 Å². The SMILES string of the molecule is COC(=O)N[C@H](C(=O)Cc1cccc(F)c1CC[C@H]1CNC[C@@H](C)N1S(=O)(=O)c1ccccc1)[C@@H](c1ccc(Cl)cc1)c1ccc(OC)nc1. The van der Waals surface area contributed by atoms with Gasteiger partial charge in [-0.25, -0.2) is 22.6 Å². The summed E-state index contributed by atoms with van der Waals surface area (Å²) in [6, 6.07) is 21.2. The average Bonchev–Trinajstić information content (AvgIpc) is 3.12. The van der Waals surface area contributed by atoms with Crippen LogP contribution in [0.5, 0.6) is 5.88 Å². The summed E-state index contributed by atoms with van der Waals surface area (Å²) in [5, 5.41) is 6.50. The van der Waals surface area contributed by atoms with Gasteiger partial charge in [0.2, 0.25) is 15.9 Å². The van der Waals surface area contributed by atoms with E-state index in [9.17, 15) is 18.0 Å². The Morgan fingerprint density at radius 2 is 1.72 bits per heavy atom. The molecule has 3 aromatic carbocycles. The first-order valence-electron chi connectivity index (χ1n) is 16.2. The molecule has 4 aromatic rings. The molecule has 1 aromatic heterocycles. The number of nitrogens with one attached hydrogen (secondary N) is 2. The molecule has 2 N–H and O–H groups in total. The monoisotopic (exact) mass is 722 g/mol. The van der Waals surface area contributed by atoms with Gasteiger partial charge in [-0.15, -0.1) is 0 Å². The predicted octanol–water partition coefficient (Wildman–Crippen LogP) is 5.53. The number of halogens is 2. The van der Waals surface area contributed by atoms with Gasteiger partial charge in [0.05, 0.1) is 19.1 Å². The van der Waals surface area contributed by atoms with E-state index in [4.69, 9.17) is 21.1 Å². The lowest BCUT2D eigenvalue weighted by Crippen LogP contribution is -2.58. The Labute approximate surface area is 297 Å². The van der Waals surface area contributed by atoms with E-state index in [1.807, 2.05) is 6.92 Å². The minimum Gasteiger partial charge on any atom is -0.481 e. The highest BCUT2D eigenvalue weighted by molar-refractivity contribution is 7.89. The summed E-state index contributed by atoms with van der Waals surface area (Å²) in [6.07, 6.45) is 1.01. The molecule has 1 saturated heterocycles. The molecule has 1 aliphatic heterocycles. The topological polar surface area (TPSA) is 127 Å². The van der Waals surface area contributed by atoms with Crippen molar-refractivity contribution in [2.75, 3.05) is 27.3 Å². The third-order valence-corrected chi connectivity index (χ3v) is 11.3. The number of sulfonamides is 1. The molecule has 4 atom stereocenters. The Bertz CT molecular complexity index is 1880. The number of rotatable bonds is 13. The van der Waals surface area contributed by atoms with Gasteiger partial charge in [-0.3, -0.25) is 4.79 Å². The maximum atomic E-state index is 15.6. The summed E-state index contributed by atoms with van der Waals surface area (Å²) in [6.45, 7) is 2.72. The van der Waals surface area contributed by atoms with Gasteiger partial charge in [-0.1, -0.05) is 60.1 Å². The fraction of sp³-hybridized carbons (Fsp3) is 0.324. The molecular formula is C37H40ClFN4O6S. The number of ether oxygens (including phenoxy) is 2. The molecule has 1 fully saturated rings. The third-order valence-electron chi connectivity index (χ3n) is 8.94. The number of alkyl carbamates (subject to hydrolysis) is 1. The van der Waals surface area contributed by atoms with Crippen molar-refractivity contribution >= 4 is 33.5 Å². The highest BCUT2D eigenvalue weighted by atomic mass is 35.5. The molecule has 264 valence electrons. The van der Waals surface area contributed by atoms with Gasteiger partial charge in [-0.2, -0.15) is 4.31 Å². The van der Waals surface area contributed by atoms with E-state index in [-0.39, 0.29) is 23.8 Å². The van der Waals surface area contributed by atoms with E-state index in [1.54, 1.807) is 79.0 Å². The Morgan fingerprint density at radius 1 is 1.00 bits per heavy atom. The molecule has 5 rings (SSSR count). The van der Waals surface area contributed by atoms with Crippen molar-refractivity contribution in [1.29, 1.82) is 0 Å².